The van der Waals surface area contributed by atoms with Crippen LogP contribution in [-0.4, -0.2) is 37.5 Å². The lowest BCUT2D eigenvalue weighted by molar-refractivity contribution is -0.122. The summed E-state index contributed by atoms with van der Waals surface area (Å²) in [6.07, 6.45) is 0. The summed E-state index contributed by atoms with van der Waals surface area (Å²) < 4.78 is 12.9. The minimum absolute atomic E-state index is 0.0411. The number of nitrogens with two attached hydrogens (primary N) is 1. The zero-order valence-corrected chi connectivity index (χ0v) is 10.8. The van der Waals surface area contributed by atoms with Gasteiger partial charge in [-0.25, -0.2) is 4.39 Å². The Morgan fingerprint density at radius 1 is 1.44 bits per heavy atom. The Kier molecular flexibility index (Phi) is 5.74. The number of benzene rings is 1. The highest BCUT2D eigenvalue weighted by Crippen LogP contribution is 2.18. The number of likely N-dealkylation sites (N-methyl/N-ethyl adjacent to an activating group) is 2. The highest BCUT2D eigenvalue weighted by Gasteiger charge is 2.17. The summed E-state index contributed by atoms with van der Waals surface area (Å²) in [5.41, 5.74) is 6.63. The lowest BCUT2D eigenvalue weighted by Crippen LogP contribution is -2.39. The van der Waals surface area contributed by atoms with Crippen LogP contribution in [0.15, 0.2) is 24.3 Å². The second-order valence-corrected chi connectivity index (χ2v) is 4.17. The Morgan fingerprint density at radius 3 is 2.56 bits per heavy atom. The molecule has 5 heteroatoms. The number of nitrogens with one attached hydrogen (secondary N) is 1. The van der Waals surface area contributed by atoms with Crippen LogP contribution in [-0.2, 0) is 4.79 Å². The number of carbonyl (C=O) groups is 1. The SMILES string of the molecule is CCNC(=O)CN(C)C(CN)c1ccc(F)cc1. The Bertz CT molecular complexity index is 380. The molecule has 1 aromatic carbocycles. The van der Waals surface area contributed by atoms with Crippen molar-refractivity contribution in [3.05, 3.63) is 35.6 Å². The molecule has 0 spiro atoms. The van der Waals surface area contributed by atoms with Crippen molar-refractivity contribution in [3.63, 3.8) is 0 Å². The average Bonchev–Trinajstić information content (AvgIpc) is 2.32. The first kappa shape index (κ1) is 14.6. The molecule has 1 atom stereocenters. The second kappa shape index (κ2) is 7.08. The molecule has 1 unspecified atom stereocenters. The van der Waals surface area contributed by atoms with E-state index in [4.69, 9.17) is 5.73 Å². The van der Waals surface area contributed by atoms with Crippen LogP contribution in [0.4, 0.5) is 4.39 Å². The molecule has 0 aromatic heterocycles. The fraction of sp³-hybridized carbons (Fsp3) is 0.462. The molecule has 4 nitrogen and oxygen atoms in total. The molecule has 0 aliphatic heterocycles. The maximum atomic E-state index is 12.9. The average molecular weight is 253 g/mol. The molecular formula is C13H20FN3O. The number of rotatable bonds is 6. The van der Waals surface area contributed by atoms with Crippen molar-refractivity contribution in [2.45, 2.75) is 13.0 Å². The summed E-state index contributed by atoms with van der Waals surface area (Å²) >= 11 is 0. The summed E-state index contributed by atoms with van der Waals surface area (Å²) in [6.45, 7) is 3.13. The van der Waals surface area contributed by atoms with E-state index in [-0.39, 0.29) is 24.3 Å². The molecule has 1 aromatic rings. The van der Waals surface area contributed by atoms with Gasteiger partial charge in [0.1, 0.15) is 5.82 Å². The van der Waals surface area contributed by atoms with E-state index < -0.39 is 0 Å². The second-order valence-electron chi connectivity index (χ2n) is 4.17. The number of amides is 1. The fourth-order valence-corrected chi connectivity index (χ4v) is 1.85. The summed E-state index contributed by atoms with van der Waals surface area (Å²) in [5, 5.41) is 2.73. The standard InChI is InChI=1S/C13H20FN3O/c1-3-16-13(18)9-17(2)12(8-15)10-4-6-11(14)7-5-10/h4-7,12H,3,8-9,15H2,1-2H3,(H,16,18). The molecule has 0 bridgehead atoms. The predicted octanol–water partition coefficient (Wildman–Crippen LogP) is 0.893. The molecule has 0 heterocycles. The van der Waals surface area contributed by atoms with Crippen molar-refractivity contribution in [2.75, 3.05) is 26.7 Å². The van der Waals surface area contributed by atoms with Crippen molar-refractivity contribution in [1.29, 1.82) is 0 Å². The number of halogens is 1. The third kappa shape index (κ3) is 4.09. The zero-order chi connectivity index (χ0) is 13.5. The minimum Gasteiger partial charge on any atom is -0.355 e. The van der Waals surface area contributed by atoms with E-state index in [0.29, 0.717) is 13.1 Å². The highest BCUT2D eigenvalue weighted by atomic mass is 19.1. The van der Waals surface area contributed by atoms with E-state index in [0.717, 1.165) is 5.56 Å². The maximum absolute atomic E-state index is 12.9. The minimum atomic E-state index is -0.277. The first-order valence-electron chi connectivity index (χ1n) is 6.01. The third-order valence-electron chi connectivity index (χ3n) is 2.78. The van der Waals surface area contributed by atoms with E-state index >= 15 is 0 Å². The van der Waals surface area contributed by atoms with Crippen molar-refractivity contribution < 1.29 is 9.18 Å². The lowest BCUT2D eigenvalue weighted by Gasteiger charge is -2.26. The Morgan fingerprint density at radius 2 is 2.06 bits per heavy atom. The van der Waals surface area contributed by atoms with Gasteiger partial charge in [-0.05, 0) is 31.7 Å². The fourth-order valence-electron chi connectivity index (χ4n) is 1.85. The number of hydrogen-bond acceptors (Lipinski definition) is 3. The summed E-state index contributed by atoms with van der Waals surface area (Å²) in [6, 6.07) is 6.10. The van der Waals surface area contributed by atoms with Crippen LogP contribution in [0.25, 0.3) is 0 Å². The first-order valence-corrected chi connectivity index (χ1v) is 6.01. The zero-order valence-electron chi connectivity index (χ0n) is 10.8. The van der Waals surface area contributed by atoms with Gasteiger partial charge in [0.25, 0.3) is 0 Å². The molecule has 100 valence electrons. The number of hydrogen-bond donors (Lipinski definition) is 2. The predicted molar refractivity (Wildman–Crippen MR) is 69.5 cm³/mol. The van der Waals surface area contributed by atoms with Crippen LogP contribution < -0.4 is 11.1 Å². The highest BCUT2D eigenvalue weighted by molar-refractivity contribution is 5.77. The van der Waals surface area contributed by atoms with E-state index in [2.05, 4.69) is 5.32 Å². The lowest BCUT2D eigenvalue weighted by atomic mass is 10.1. The van der Waals surface area contributed by atoms with Gasteiger partial charge in [0.2, 0.25) is 5.91 Å². The van der Waals surface area contributed by atoms with Crippen LogP contribution in [0.1, 0.15) is 18.5 Å². The summed E-state index contributed by atoms with van der Waals surface area (Å²) in [5.74, 6) is -0.318. The first-order chi connectivity index (χ1) is 8.58. The quantitative estimate of drug-likeness (QED) is 0.791. The normalized spacial score (nSPS) is 12.5. The van der Waals surface area contributed by atoms with Crippen LogP contribution in [0.2, 0.25) is 0 Å². The maximum Gasteiger partial charge on any atom is 0.234 e. The Balaban J connectivity index is 2.70. The molecule has 0 radical (unpaired) electrons. The van der Waals surface area contributed by atoms with Crippen LogP contribution in [0, 0.1) is 5.82 Å². The molecule has 3 N–H and O–H groups in total. The summed E-state index contributed by atoms with van der Waals surface area (Å²) in [7, 11) is 1.83. The van der Waals surface area contributed by atoms with Gasteiger partial charge in [-0.3, -0.25) is 9.69 Å². The Hall–Kier alpha value is -1.46. The van der Waals surface area contributed by atoms with Gasteiger partial charge < -0.3 is 11.1 Å². The van der Waals surface area contributed by atoms with Crippen molar-refractivity contribution in [3.8, 4) is 0 Å². The molecule has 18 heavy (non-hydrogen) atoms. The van der Waals surface area contributed by atoms with Crippen molar-refractivity contribution in [1.82, 2.24) is 10.2 Å². The van der Waals surface area contributed by atoms with Gasteiger partial charge in [0.15, 0.2) is 0 Å². The van der Waals surface area contributed by atoms with Gasteiger partial charge in [0, 0.05) is 19.1 Å². The van der Waals surface area contributed by atoms with E-state index in [1.54, 1.807) is 12.1 Å². The number of nitrogens with zero attached hydrogens (tertiary/aromatic N) is 1. The van der Waals surface area contributed by atoms with E-state index in [1.165, 1.54) is 12.1 Å². The molecule has 0 saturated carbocycles. The largest absolute Gasteiger partial charge is 0.355 e. The molecule has 0 aliphatic rings. The Labute approximate surface area is 107 Å². The monoisotopic (exact) mass is 253 g/mol. The van der Waals surface area contributed by atoms with Gasteiger partial charge >= 0.3 is 0 Å². The van der Waals surface area contributed by atoms with Crippen LogP contribution >= 0.6 is 0 Å². The van der Waals surface area contributed by atoms with Crippen LogP contribution in [0.3, 0.4) is 0 Å². The van der Waals surface area contributed by atoms with Crippen LogP contribution in [0.5, 0.6) is 0 Å². The third-order valence-corrected chi connectivity index (χ3v) is 2.78. The van der Waals surface area contributed by atoms with E-state index in [1.807, 2.05) is 18.9 Å². The summed E-state index contributed by atoms with van der Waals surface area (Å²) in [4.78, 5) is 13.4. The molecular weight excluding hydrogens is 233 g/mol. The molecule has 1 amide bonds. The van der Waals surface area contributed by atoms with Crippen molar-refractivity contribution in [2.24, 2.45) is 5.73 Å². The smallest absolute Gasteiger partial charge is 0.234 e. The molecule has 0 aliphatic carbocycles. The number of carbonyl (C=O) groups excluding carboxylic acids is 1. The van der Waals surface area contributed by atoms with E-state index in [9.17, 15) is 9.18 Å². The van der Waals surface area contributed by atoms with Crippen molar-refractivity contribution >= 4 is 5.91 Å². The molecule has 0 fully saturated rings. The molecule has 1 rings (SSSR count). The molecule has 0 saturated heterocycles. The topological polar surface area (TPSA) is 58.4 Å². The van der Waals surface area contributed by atoms with Gasteiger partial charge in [-0.15, -0.1) is 0 Å². The van der Waals surface area contributed by atoms with Gasteiger partial charge in [0.05, 0.1) is 6.54 Å². The van der Waals surface area contributed by atoms with Gasteiger partial charge in [-0.2, -0.15) is 0 Å². The van der Waals surface area contributed by atoms with Gasteiger partial charge in [-0.1, -0.05) is 12.1 Å².